The average molecular weight is 354 g/mol. The summed E-state index contributed by atoms with van der Waals surface area (Å²) in [5, 5.41) is 11.8. The number of aliphatic carboxylic acids is 1. The highest BCUT2D eigenvalue weighted by Gasteiger charge is 2.40. The SMILES string of the molecule is CC(C(=O)Nc1ccccc1)N1C(=O)C(CC(=O)O)Oc2ccccc21. The fraction of sp³-hybridized carbons (Fsp3) is 0.211. The molecule has 2 atom stereocenters. The molecule has 1 heterocycles. The summed E-state index contributed by atoms with van der Waals surface area (Å²) in [5.74, 6) is -1.71. The molecule has 0 saturated carbocycles. The highest BCUT2D eigenvalue weighted by atomic mass is 16.5. The highest BCUT2D eigenvalue weighted by molar-refractivity contribution is 6.08. The van der Waals surface area contributed by atoms with Gasteiger partial charge in [0.2, 0.25) is 5.91 Å². The van der Waals surface area contributed by atoms with Gasteiger partial charge in [0.05, 0.1) is 12.1 Å². The Balaban J connectivity index is 1.89. The molecule has 0 spiro atoms. The fourth-order valence-electron chi connectivity index (χ4n) is 2.81. The number of para-hydroxylation sites is 3. The summed E-state index contributed by atoms with van der Waals surface area (Å²) in [6.07, 6.45) is -1.65. The fourth-order valence-corrected chi connectivity index (χ4v) is 2.81. The van der Waals surface area contributed by atoms with Gasteiger partial charge in [-0.1, -0.05) is 30.3 Å². The van der Waals surface area contributed by atoms with Gasteiger partial charge in [0.15, 0.2) is 6.10 Å². The maximum atomic E-state index is 12.8. The predicted molar refractivity (Wildman–Crippen MR) is 95.1 cm³/mol. The second kappa shape index (κ2) is 7.26. The second-order valence-electron chi connectivity index (χ2n) is 5.91. The first-order valence-electron chi connectivity index (χ1n) is 8.14. The number of anilines is 2. The minimum Gasteiger partial charge on any atom is -0.481 e. The van der Waals surface area contributed by atoms with Crippen molar-refractivity contribution in [2.45, 2.75) is 25.5 Å². The van der Waals surface area contributed by atoms with E-state index >= 15 is 0 Å². The van der Waals surface area contributed by atoms with Gasteiger partial charge >= 0.3 is 5.97 Å². The number of ether oxygens (including phenoxy) is 1. The zero-order valence-corrected chi connectivity index (χ0v) is 14.1. The van der Waals surface area contributed by atoms with Crippen LogP contribution in [0.4, 0.5) is 11.4 Å². The van der Waals surface area contributed by atoms with Gasteiger partial charge in [-0.3, -0.25) is 19.3 Å². The third-order valence-electron chi connectivity index (χ3n) is 4.07. The van der Waals surface area contributed by atoms with E-state index in [0.717, 1.165) is 0 Å². The topological polar surface area (TPSA) is 95.9 Å². The van der Waals surface area contributed by atoms with Crippen LogP contribution in [0.15, 0.2) is 54.6 Å². The number of benzene rings is 2. The molecule has 2 N–H and O–H groups in total. The lowest BCUT2D eigenvalue weighted by Crippen LogP contribution is -2.54. The first kappa shape index (κ1) is 17.5. The van der Waals surface area contributed by atoms with E-state index in [4.69, 9.17) is 9.84 Å². The van der Waals surface area contributed by atoms with Crippen molar-refractivity contribution < 1.29 is 24.2 Å². The van der Waals surface area contributed by atoms with Crippen LogP contribution in [0.3, 0.4) is 0 Å². The number of carboxylic acids is 1. The number of hydrogen-bond donors (Lipinski definition) is 2. The monoisotopic (exact) mass is 354 g/mol. The maximum Gasteiger partial charge on any atom is 0.307 e. The number of hydrogen-bond acceptors (Lipinski definition) is 4. The highest BCUT2D eigenvalue weighted by Crippen LogP contribution is 2.36. The van der Waals surface area contributed by atoms with E-state index < -0.39 is 30.4 Å². The van der Waals surface area contributed by atoms with E-state index in [-0.39, 0.29) is 5.91 Å². The zero-order chi connectivity index (χ0) is 18.7. The summed E-state index contributed by atoms with van der Waals surface area (Å²) < 4.78 is 5.53. The molecule has 0 aromatic heterocycles. The van der Waals surface area contributed by atoms with Gasteiger partial charge in [-0.15, -0.1) is 0 Å². The number of fused-ring (bicyclic) bond motifs is 1. The third-order valence-corrected chi connectivity index (χ3v) is 4.07. The number of carboxylic acid groups (broad SMARTS) is 1. The molecule has 26 heavy (non-hydrogen) atoms. The van der Waals surface area contributed by atoms with Crippen LogP contribution in [0.1, 0.15) is 13.3 Å². The van der Waals surface area contributed by atoms with Gasteiger partial charge in [-0.25, -0.2) is 0 Å². The molecule has 1 aliphatic heterocycles. The van der Waals surface area contributed by atoms with Crippen molar-refractivity contribution in [3.05, 3.63) is 54.6 Å². The van der Waals surface area contributed by atoms with Crippen LogP contribution in [-0.2, 0) is 14.4 Å². The Hall–Kier alpha value is -3.35. The van der Waals surface area contributed by atoms with E-state index in [1.54, 1.807) is 55.5 Å². The van der Waals surface area contributed by atoms with Crippen LogP contribution >= 0.6 is 0 Å². The molecule has 1 aliphatic rings. The van der Waals surface area contributed by atoms with E-state index in [2.05, 4.69) is 5.32 Å². The average Bonchev–Trinajstić information content (AvgIpc) is 2.62. The molecule has 2 amide bonds. The Labute approximate surface area is 150 Å². The molecule has 0 fully saturated rings. The van der Waals surface area contributed by atoms with Crippen molar-refractivity contribution in [1.82, 2.24) is 0 Å². The largest absolute Gasteiger partial charge is 0.481 e. The Morgan fingerprint density at radius 1 is 1.15 bits per heavy atom. The van der Waals surface area contributed by atoms with Crippen LogP contribution in [0.2, 0.25) is 0 Å². The molecule has 3 rings (SSSR count). The minimum absolute atomic E-state index is 0.373. The first-order valence-corrected chi connectivity index (χ1v) is 8.14. The zero-order valence-electron chi connectivity index (χ0n) is 14.1. The molecular weight excluding hydrogens is 336 g/mol. The number of carbonyl (C=O) groups is 3. The molecule has 7 heteroatoms. The quantitative estimate of drug-likeness (QED) is 0.859. The van der Waals surface area contributed by atoms with Crippen LogP contribution < -0.4 is 15.0 Å². The van der Waals surface area contributed by atoms with E-state index in [1.165, 1.54) is 4.90 Å². The Bertz CT molecular complexity index is 837. The Morgan fingerprint density at radius 2 is 1.81 bits per heavy atom. The summed E-state index contributed by atoms with van der Waals surface area (Å²) in [5.41, 5.74) is 1.05. The summed E-state index contributed by atoms with van der Waals surface area (Å²) in [6.45, 7) is 1.59. The molecular formula is C19H18N2O5. The lowest BCUT2D eigenvalue weighted by Gasteiger charge is -2.36. The maximum absolute atomic E-state index is 12.8. The molecule has 134 valence electrons. The minimum atomic E-state index is -1.17. The van der Waals surface area contributed by atoms with Gasteiger partial charge in [0.1, 0.15) is 11.8 Å². The summed E-state index contributed by atoms with van der Waals surface area (Å²) in [6, 6.07) is 14.8. The second-order valence-corrected chi connectivity index (χ2v) is 5.91. The lowest BCUT2D eigenvalue weighted by molar-refractivity contribution is -0.142. The van der Waals surface area contributed by atoms with Crippen molar-refractivity contribution in [3.63, 3.8) is 0 Å². The summed E-state index contributed by atoms with van der Waals surface area (Å²) in [7, 11) is 0. The molecule has 0 bridgehead atoms. The van der Waals surface area contributed by atoms with Gasteiger partial charge in [-0.2, -0.15) is 0 Å². The van der Waals surface area contributed by atoms with E-state index in [0.29, 0.717) is 17.1 Å². The Morgan fingerprint density at radius 3 is 2.50 bits per heavy atom. The molecule has 0 aliphatic carbocycles. The Kier molecular flexibility index (Phi) is 4.88. The molecule has 7 nitrogen and oxygen atoms in total. The standard InChI is InChI=1S/C19H18N2O5/c1-12(18(24)20-13-7-3-2-4-8-13)21-14-9-5-6-10-15(14)26-16(19(21)25)11-17(22)23/h2-10,12,16H,11H2,1H3,(H,20,24)(H,22,23). The smallest absolute Gasteiger partial charge is 0.307 e. The molecule has 2 unspecified atom stereocenters. The van der Waals surface area contributed by atoms with Crippen LogP contribution in [0, 0.1) is 0 Å². The van der Waals surface area contributed by atoms with Crippen LogP contribution in [0.5, 0.6) is 5.75 Å². The number of amides is 2. The van der Waals surface area contributed by atoms with Crippen molar-refractivity contribution in [3.8, 4) is 5.75 Å². The van der Waals surface area contributed by atoms with Crippen LogP contribution in [-0.4, -0.2) is 35.0 Å². The molecule has 2 aromatic rings. The van der Waals surface area contributed by atoms with Crippen molar-refractivity contribution in [2.24, 2.45) is 0 Å². The number of rotatable bonds is 5. The van der Waals surface area contributed by atoms with E-state index in [9.17, 15) is 14.4 Å². The lowest BCUT2D eigenvalue weighted by atomic mass is 10.1. The predicted octanol–water partition coefficient (Wildman–Crippen LogP) is 2.28. The molecule has 0 saturated heterocycles. The molecule has 0 radical (unpaired) electrons. The number of nitrogens with one attached hydrogen (secondary N) is 1. The van der Waals surface area contributed by atoms with Gasteiger partial charge in [0, 0.05) is 5.69 Å². The number of nitrogens with zero attached hydrogens (tertiary/aromatic N) is 1. The normalized spacial score (nSPS) is 17.0. The first-order chi connectivity index (χ1) is 12.5. The van der Waals surface area contributed by atoms with Gasteiger partial charge < -0.3 is 15.2 Å². The van der Waals surface area contributed by atoms with Crippen molar-refractivity contribution in [1.29, 1.82) is 0 Å². The molecule has 2 aromatic carbocycles. The van der Waals surface area contributed by atoms with Gasteiger partial charge in [0.25, 0.3) is 5.91 Å². The number of carbonyl (C=O) groups excluding carboxylic acids is 2. The third kappa shape index (κ3) is 3.51. The van der Waals surface area contributed by atoms with Crippen LogP contribution in [0.25, 0.3) is 0 Å². The van der Waals surface area contributed by atoms with Gasteiger partial charge in [-0.05, 0) is 31.2 Å². The van der Waals surface area contributed by atoms with Crippen molar-refractivity contribution in [2.75, 3.05) is 10.2 Å². The summed E-state index contributed by atoms with van der Waals surface area (Å²) >= 11 is 0. The van der Waals surface area contributed by atoms with Crippen molar-refractivity contribution >= 4 is 29.2 Å². The van der Waals surface area contributed by atoms with E-state index in [1.807, 2.05) is 6.07 Å². The summed E-state index contributed by atoms with van der Waals surface area (Å²) in [4.78, 5) is 37.8.